The highest BCUT2D eigenvalue weighted by molar-refractivity contribution is 7.99. The molecular weight excluding hydrogens is 412 g/mol. The van der Waals surface area contributed by atoms with E-state index >= 15 is 0 Å². The summed E-state index contributed by atoms with van der Waals surface area (Å²) in [6, 6.07) is 15.7. The highest BCUT2D eigenvalue weighted by atomic mass is 35.5. The molecule has 4 aromatic rings. The quantitative estimate of drug-likeness (QED) is 0.450. The molecule has 4 rings (SSSR count). The van der Waals surface area contributed by atoms with E-state index in [2.05, 4.69) is 33.0 Å². The summed E-state index contributed by atoms with van der Waals surface area (Å²) in [6.45, 7) is 0.474. The number of hydrogen-bond acceptors (Lipinski definition) is 5. The predicted molar refractivity (Wildman–Crippen MR) is 116 cm³/mol. The van der Waals surface area contributed by atoms with Gasteiger partial charge < -0.3 is 9.88 Å². The number of carbonyl (C=O) groups excluding carboxylic acids is 1. The van der Waals surface area contributed by atoms with Gasteiger partial charge in [-0.05, 0) is 23.8 Å². The van der Waals surface area contributed by atoms with Crippen molar-refractivity contribution < 1.29 is 4.79 Å². The summed E-state index contributed by atoms with van der Waals surface area (Å²) in [7, 11) is 1.93. The van der Waals surface area contributed by atoms with Crippen molar-refractivity contribution in [2.75, 3.05) is 5.75 Å². The third kappa shape index (κ3) is 4.06. The van der Waals surface area contributed by atoms with E-state index in [9.17, 15) is 4.79 Å². The number of benzene rings is 2. The van der Waals surface area contributed by atoms with E-state index in [-0.39, 0.29) is 11.7 Å². The first-order valence-corrected chi connectivity index (χ1v) is 10.9. The number of nitrogens with one attached hydrogen (secondary N) is 1. The second kappa shape index (κ2) is 8.34. The topological polar surface area (TPSA) is 59.8 Å². The molecule has 142 valence electrons. The molecule has 1 amide bonds. The van der Waals surface area contributed by atoms with Gasteiger partial charge in [0, 0.05) is 39.6 Å². The molecule has 0 atom stereocenters. The summed E-state index contributed by atoms with van der Waals surface area (Å²) in [5, 5.41) is 16.2. The molecule has 0 fully saturated rings. The SMILES string of the molecule is Cn1c(SCC(=O)NCc2ccc(Cl)cc2)nnc1-c1csc2ccccc12. The van der Waals surface area contributed by atoms with E-state index in [0.717, 1.165) is 17.0 Å². The first-order chi connectivity index (χ1) is 13.6. The van der Waals surface area contributed by atoms with Crippen LogP contribution in [0.5, 0.6) is 0 Å². The monoisotopic (exact) mass is 428 g/mol. The van der Waals surface area contributed by atoms with Crippen LogP contribution in [-0.2, 0) is 18.4 Å². The number of aromatic nitrogens is 3. The lowest BCUT2D eigenvalue weighted by Crippen LogP contribution is -2.24. The van der Waals surface area contributed by atoms with Gasteiger partial charge in [-0.3, -0.25) is 4.79 Å². The van der Waals surface area contributed by atoms with Crippen LogP contribution in [0.2, 0.25) is 5.02 Å². The molecule has 2 aromatic heterocycles. The lowest BCUT2D eigenvalue weighted by atomic mass is 10.2. The average molecular weight is 429 g/mol. The minimum atomic E-state index is -0.0505. The summed E-state index contributed by atoms with van der Waals surface area (Å²) in [6.07, 6.45) is 0. The van der Waals surface area contributed by atoms with Gasteiger partial charge in [-0.2, -0.15) is 0 Å². The van der Waals surface area contributed by atoms with Gasteiger partial charge in [0.2, 0.25) is 5.91 Å². The van der Waals surface area contributed by atoms with E-state index in [4.69, 9.17) is 11.6 Å². The number of nitrogens with zero attached hydrogens (tertiary/aromatic N) is 3. The second-order valence-electron chi connectivity index (χ2n) is 6.20. The van der Waals surface area contributed by atoms with E-state index < -0.39 is 0 Å². The van der Waals surface area contributed by atoms with E-state index in [1.165, 1.54) is 21.8 Å². The maximum Gasteiger partial charge on any atom is 0.230 e. The van der Waals surface area contributed by atoms with Crippen molar-refractivity contribution in [2.24, 2.45) is 7.05 Å². The Morgan fingerprint density at radius 1 is 1.18 bits per heavy atom. The van der Waals surface area contributed by atoms with Crippen LogP contribution in [0.3, 0.4) is 0 Å². The van der Waals surface area contributed by atoms with Crippen molar-refractivity contribution in [3.8, 4) is 11.4 Å². The Balaban J connectivity index is 1.39. The zero-order valence-electron chi connectivity index (χ0n) is 15.1. The number of amides is 1. The van der Waals surface area contributed by atoms with Gasteiger partial charge in [0.15, 0.2) is 11.0 Å². The number of fused-ring (bicyclic) bond motifs is 1. The van der Waals surface area contributed by atoms with Crippen molar-refractivity contribution in [2.45, 2.75) is 11.7 Å². The highest BCUT2D eigenvalue weighted by Crippen LogP contribution is 2.33. The molecule has 2 aromatic carbocycles. The van der Waals surface area contributed by atoms with Crippen LogP contribution >= 0.6 is 34.7 Å². The molecule has 1 N–H and O–H groups in total. The zero-order valence-corrected chi connectivity index (χ0v) is 17.4. The number of rotatable bonds is 6. The van der Waals surface area contributed by atoms with Gasteiger partial charge in [-0.1, -0.05) is 53.7 Å². The van der Waals surface area contributed by atoms with Crippen molar-refractivity contribution in [1.82, 2.24) is 20.1 Å². The van der Waals surface area contributed by atoms with Crippen LogP contribution in [0.25, 0.3) is 21.5 Å². The Bertz CT molecular complexity index is 1120. The van der Waals surface area contributed by atoms with Crippen LogP contribution in [0, 0.1) is 0 Å². The van der Waals surface area contributed by atoms with Crippen molar-refractivity contribution in [3.05, 3.63) is 64.5 Å². The summed E-state index contributed by atoms with van der Waals surface area (Å²) < 4.78 is 3.15. The molecule has 0 spiro atoms. The fourth-order valence-electron chi connectivity index (χ4n) is 2.81. The third-order valence-corrected chi connectivity index (χ3v) is 6.53. The summed E-state index contributed by atoms with van der Waals surface area (Å²) in [4.78, 5) is 12.2. The molecule has 0 aliphatic rings. The lowest BCUT2D eigenvalue weighted by Gasteiger charge is -2.06. The zero-order chi connectivity index (χ0) is 19.5. The second-order valence-corrected chi connectivity index (χ2v) is 8.49. The van der Waals surface area contributed by atoms with Crippen LogP contribution in [0.1, 0.15) is 5.56 Å². The lowest BCUT2D eigenvalue weighted by molar-refractivity contribution is -0.118. The van der Waals surface area contributed by atoms with Crippen molar-refractivity contribution >= 4 is 50.7 Å². The molecule has 28 heavy (non-hydrogen) atoms. The van der Waals surface area contributed by atoms with Crippen molar-refractivity contribution in [3.63, 3.8) is 0 Å². The molecule has 0 unspecified atom stereocenters. The van der Waals surface area contributed by atoms with Gasteiger partial charge >= 0.3 is 0 Å². The Kier molecular flexibility index (Phi) is 5.66. The van der Waals surface area contributed by atoms with E-state index in [1.54, 1.807) is 11.3 Å². The molecule has 0 bridgehead atoms. The Labute approximate surface area is 175 Å². The van der Waals surface area contributed by atoms with Gasteiger partial charge in [0.25, 0.3) is 0 Å². The number of carbonyl (C=O) groups is 1. The maximum absolute atomic E-state index is 12.2. The van der Waals surface area contributed by atoms with Crippen LogP contribution in [-0.4, -0.2) is 26.4 Å². The summed E-state index contributed by atoms with van der Waals surface area (Å²) >= 11 is 8.94. The number of thioether (sulfide) groups is 1. The molecular formula is C20H17ClN4OS2. The third-order valence-electron chi connectivity index (χ3n) is 4.29. The molecule has 5 nitrogen and oxygen atoms in total. The van der Waals surface area contributed by atoms with Gasteiger partial charge in [0.1, 0.15) is 0 Å². The molecule has 2 heterocycles. The van der Waals surface area contributed by atoms with Gasteiger partial charge in [0.05, 0.1) is 5.75 Å². The normalized spacial score (nSPS) is 11.1. The Morgan fingerprint density at radius 3 is 2.79 bits per heavy atom. The largest absolute Gasteiger partial charge is 0.351 e. The average Bonchev–Trinajstić information content (AvgIpc) is 3.29. The standard InChI is InChI=1S/C20H17ClN4OS2/c1-25-19(16-11-27-17-5-3-2-4-15(16)17)23-24-20(25)28-12-18(26)22-10-13-6-8-14(21)9-7-13/h2-9,11H,10,12H2,1H3,(H,22,26). The molecule has 0 saturated heterocycles. The smallest absolute Gasteiger partial charge is 0.230 e. The number of halogens is 1. The number of thiophene rings is 1. The first kappa shape index (κ1) is 19.0. The van der Waals surface area contributed by atoms with Crippen LogP contribution < -0.4 is 5.32 Å². The summed E-state index contributed by atoms with van der Waals surface area (Å²) in [5.41, 5.74) is 2.07. The molecule has 0 radical (unpaired) electrons. The van der Waals surface area contributed by atoms with Gasteiger partial charge in [-0.25, -0.2) is 0 Å². The maximum atomic E-state index is 12.2. The minimum absolute atomic E-state index is 0.0505. The first-order valence-electron chi connectivity index (χ1n) is 8.62. The van der Waals surface area contributed by atoms with Crippen LogP contribution in [0.15, 0.2) is 59.1 Å². The van der Waals surface area contributed by atoms with E-state index in [1.807, 2.05) is 48.0 Å². The Hall–Kier alpha value is -2.35. The fourth-order valence-corrected chi connectivity index (χ4v) is 4.62. The Morgan fingerprint density at radius 2 is 1.96 bits per heavy atom. The predicted octanol–water partition coefficient (Wildman–Crippen LogP) is 4.76. The summed E-state index contributed by atoms with van der Waals surface area (Å²) in [5.74, 6) is 1.04. The van der Waals surface area contributed by atoms with Crippen LogP contribution in [0.4, 0.5) is 0 Å². The van der Waals surface area contributed by atoms with Gasteiger partial charge in [-0.15, -0.1) is 21.5 Å². The molecule has 0 aliphatic carbocycles. The van der Waals surface area contributed by atoms with Crippen molar-refractivity contribution in [1.29, 1.82) is 0 Å². The molecule has 0 aliphatic heterocycles. The molecule has 8 heteroatoms. The van der Waals surface area contributed by atoms with E-state index in [0.29, 0.717) is 16.7 Å². The number of hydrogen-bond donors (Lipinski definition) is 1. The fraction of sp³-hybridized carbons (Fsp3) is 0.150. The molecule has 0 saturated carbocycles. The highest BCUT2D eigenvalue weighted by Gasteiger charge is 2.16. The minimum Gasteiger partial charge on any atom is -0.351 e.